The van der Waals surface area contributed by atoms with Crippen LogP contribution in [0.5, 0.6) is 5.75 Å². The Bertz CT molecular complexity index is 666. The summed E-state index contributed by atoms with van der Waals surface area (Å²) < 4.78 is 5.23. The Morgan fingerprint density at radius 2 is 2.00 bits per heavy atom. The highest BCUT2D eigenvalue weighted by atomic mass is 16.5. The van der Waals surface area contributed by atoms with E-state index in [1.807, 2.05) is 54.4 Å². The number of terminal acetylenes is 1. The Hall–Kier alpha value is -2.91. The number of ether oxygens (including phenoxy) is 1. The number of hydrogen-bond donors (Lipinski definition) is 0. The summed E-state index contributed by atoms with van der Waals surface area (Å²) in [6.45, 7) is 4.04. The molecular weight excluding hydrogens is 248 g/mol. The lowest BCUT2D eigenvalue weighted by Gasteiger charge is -2.28. The molecule has 98 valence electrons. The highest BCUT2D eigenvalue weighted by Gasteiger charge is 2.16. The lowest BCUT2D eigenvalue weighted by atomic mass is 10.0. The first-order chi connectivity index (χ1) is 9.67. The van der Waals surface area contributed by atoms with E-state index in [-0.39, 0.29) is 6.61 Å². The van der Waals surface area contributed by atoms with Gasteiger partial charge in [0.15, 0.2) is 6.61 Å². The Morgan fingerprint density at radius 1 is 1.30 bits per heavy atom. The van der Waals surface area contributed by atoms with Gasteiger partial charge in [0.2, 0.25) is 0 Å². The van der Waals surface area contributed by atoms with E-state index in [0.29, 0.717) is 5.75 Å². The van der Waals surface area contributed by atoms with Crippen molar-refractivity contribution in [3.8, 4) is 24.2 Å². The Balaban J connectivity index is 2.26. The monoisotopic (exact) mass is 262 g/mol. The maximum absolute atomic E-state index is 8.48. The molecular formula is C17H14N2O. The molecule has 0 saturated carbocycles. The molecule has 0 aromatic heterocycles. The maximum atomic E-state index is 8.48. The van der Waals surface area contributed by atoms with Crippen molar-refractivity contribution in [1.29, 1.82) is 5.26 Å². The zero-order valence-electron chi connectivity index (χ0n) is 11.3. The van der Waals surface area contributed by atoms with Gasteiger partial charge in [-0.2, -0.15) is 5.26 Å². The van der Waals surface area contributed by atoms with Crippen molar-refractivity contribution in [2.45, 2.75) is 0 Å². The van der Waals surface area contributed by atoms with Gasteiger partial charge in [0.05, 0.1) is 0 Å². The number of benzene rings is 1. The second-order valence-corrected chi connectivity index (χ2v) is 4.25. The van der Waals surface area contributed by atoms with Gasteiger partial charge in [0.25, 0.3) is 0 Å². The van der Waals surface area contributed by atoms with E-state index in [4.69, 9.17) is 16.4 Å². The molecule has 0 radical (unpaired) electrons. The van der Waals surface area contributed by atoms with Crippen molar-refractivity contribution >= 4 is 5.70 Å². The van der Waals surface area contributed by atoms with Crippen LogP contribution in [0.2, 0.25) is 0 Å². The lowest BCUT2D eigenvalue weighted by molar-refractivity contribution is 0.368. The molecule has 20 heavy (non-hydrogen) atoms. The first-order valence-corrected chi connectivity index (χ1v) is 6.09. The molecule has 2 rings (SSSR count). The highest BCUT2D eigenvalue weighted by molar-refractivity contribution is 5.72. The summed E-state index contributed by atoms with van der Waals surface area (Å²) >= 11 is 0. The molecule has 1 aromatic carbocycles. The molecule has 0 spiro atoms. The number of rotatable bonds is 3. The molecule has 0 saturated heterocycles. The Labute approximate surface area is 119 Å². The topological polar surface area (TPSA) is 36.3 Å². The smallest absolute Gasteiger partial charge is 0.174 e. The van der Waals surface area contributed by atoms with Gasteiger partial charge in [-0.3, -0.25) is 0 Å². The third-order valence-corrected chi connectivity index (χ3v) is 3.09. The highest BCUT2D eigenvalue weighted by Crippen LogP contribution is 2.29. The van der Waals surface area contributed by atoms with E-state index in [1.54, 1.807) is 0 Å². The van der Waals surface area contributed by atoms with Crippen LogP contribution >= 0.6 is 0 Å². The molecule has 1 aliphatic heterocycles. The fraction of sp³-hybridized carbons (Fsp3) is 0.118. The van der Waals surface area contributed by atoms with E-state index in [0.717, 1.165) is 22.5 Å². The number of nitrogens with zero attached hydrogens (tertiary/aromatic N) is 2. The number of hydrogen-bond acceptors (Lipinski definition) is 3. The van der Waals surface area contributed by atoms with E-state index >= 15 is 0 Å². The third-order valence-electron chi connectivity index (χ3n) is 3.09. The SMILES string of the molecule is C#CC1=CC=C(c2ccc(OCC#N)cc2)N(C)C1=C. The molecule has 0 bridgehead atoms. The van der Waals surface area contributed by atoms with E-state index in [2.05, 4.69) is 12.5 Å². The summed E-state index contributed by atoms with van der Waals surface area (Å²) in [7, 11) is 1.93. The van der Waals surface area contributed by atoms with Crippen LogP contribution in [-0.4, -0.2) is 18.6 Å². The van der Waals surface area contributed by atoms with Gasteiger partial charge in [0.1, 0.15) is 11.8 Å². The molecule has 0 atom stereocenters. The van der Waals surface area contributed by atoms with Crippen LogP contribution in [0, 0.1) is 23.7 Å². The minimum Gasteiger partial charge on any atom is -0.479 e. The molecule has 1 aromatic rings. The summed E-state index contributed by atoms with van der Waals surface area (Å²) in [4.78, 5) is 1.96. The standard InChI is InChI=1S/C17H14N2O/c1-4-14-7-10-17(19(3)13(14)2)15-5-8-16(9-6-15)20-12-11-18/h1,5-10H,2,12H2,3H3. The minimum absolute atomic E-state index is 0.0486. The molecule has 0 fully saturated rings. The van der Waals surface area contributed by atoms with Crippen molar-refractivity contribution in [3.63, 3.8) is 0 Å². The number of likely N-dealkylation sites (N-methyl/N-ethyl adjacent to an activating group) is 1. The summed E-state index contributed by atoms with van der Waals surface area (Å²) in [5.74, 6) is 3.29. The Kier molecular flexibility index (Phi) is 3.93. The molecule has 1 heterocycles. The van der Waals surface area contributed by atoms with Crippen LogP contribution in [-0.2, 0) is 0 Å². The van der Waals surface area contributed by atoms with Gasteiger partial charge in [0, 0.05) is 24.0 Å². The van der Waals surface area contributed by atoms with E-state index < -0.39 is 0 Å². The van der Waals surface area contributed by atoms with Crippen LogP contribution < -0.4 is 4.74 Å². The minimum atomic E-state index is 0.0486. The Morgan fingerprint density at radius 3 is 2.60 bits per heavy atom. The average molecular weight is 262 g/mol. The first kappa shape index (κ1) is 13.5. The van der Waals surface area contributed by atoms with Crippen molar-refractivity contribution < 1.29 is 4.74 Å². The van der Waals surface area contributed by atoms with Crippen molar-refractivity contribution in [1.82, 2.24) is 4.90 Å². The number of allylic oxidation sites excluding steroid dienone is 3. The van der Waals surface area contributed by atoms with Crippen LogP contribution in [0.3, 0.4) is 0 Å². The molecule has 0 aliphatic carbocycles. The first-order valence-electron chi connectivity index (χ1n) is 6.09. The number of nitriles is 1. The fourth-order valence-electron chi connectivity index (χ4n) is 1.96. The predicted octanol–water partition coefficient (Wildman–Crippen LogP) is 2.95. The summed E-state index contributed by atoms with van der Waals surface area (Å²) in [5.41, 5.74) is 3.63. The molecule has 0 amide bonds. The zero-order chi connectivity index (χ0) is 14.5. The second kappa shape index (κ2) is 5.82. The van der Waals surface area contributed by atoms with Crippen molar-refractivity contribution in [3.05, 3.63) is 59.8 Å². The molecule has 0 unspecified atom stereocenters. The van der Waals surface area contributed by atoms with E-state index in [9.17, 15) is 0 Å². The van der Waals surface area contributed by atoms with Crippen LogP contribution in [0.25, 0.3) is 5.70 Å². The maximum Gasteiger partial charge on any atom is 0.174 e. The van der Waals surface area contributed by atoms with Gasteiger partial charge < -0.3 is 9.64 Å². The normalized spacial score (nSPS) is 13.9. The summed E-state index contributed by atoms with van der Waals surface area (Å²) in [6.07, 6.45) is 9.28. The molecule has 1 aliphatic rings. The van der Waals surface area contributed by atoms with Crippen LogP contribution in [0.15, 0.2) is 54.3 Å². The lowest BCUT2D eigenvalue weighted by Crippen LogP contribution is -2.19. The summed E-state index contributed by atoms with van der Waals surface area (Å²) in [6, 6.07) is 9.50. The van der Waals surface area contributed by atoms with Gasteiger partial charge in [-0.25, -0.2) is 0 Å². The second-order valence-electron chi connectivity index (χ2n) is 4.25. The quantitative estimate of drug-likeness (QED) is 0.786. The average Bonchev–Trinajstić information content (AvgIpc) is 2.48. The fourth-order valence-corrected chi connectivity index (χ4v) is 1.96. The molecule has 3 heteroatoms. The van der Waals surface area contributed by atoms with E-state index in [1.165, 1.54) is 0 Å². The van der Waals surface area contributed by atoms with Gasteiger partial charge in [-0.15, -0.1) is 6.42 Å². The largest absolute Gasteiger partial charge is 0.479 e. The van der Waals surface area contributed by atoms with Crippen molar-refractivity contribution in [2.24, 2.45) is 0 Å². The van der Waals surface area contributed by atoms with Crippen LogP contribution in [0.1, 0.15) is 5.56 Å². The third kappa shape index (κ3) is 2.58. The van der Waals surface area contributed by atoms with Crippen LogP contribution in [0.4, 0.5) is 0 Å². The van der Waals surface area contributed by atoms with Gasteiger partial charge >= 0.3 is 0 Å². The molecule has 0 N–H and O–H groups in total. The van der Waals surface area contributed by atoms with Crippen molar-refractivity contribution in [2.75, 3.05) is 13.7 Å². The molecule has 3 nitrogen and oxygen atoms in total. The van der Waals surface area contributed by atoms with Gasteiger partial charge in [-0.1, -0.05) is 12.5 Å². The zero-order valence-corrected chi connectivity index (χ0v) is 11.3. The summed E-state index contributed by atoms with van der Waals surface area (Å²) in [5, 5.41) is 8.48. The van der Waals surface area contributed by atoms with Gasteiger partial charge in [-0.05, 0) is 42.0 Å². The predicted molar refractivity (Wildman–Crippen MR) is 79.3 cm³/mol.